The lowest BCUT2D eigenvalue weighted by molar-refractivity contribution is -0.385. The molecule has 0 aliphatic carbocycles. The number of nitro groups is 1. The zero-order chi connectivity index (χ0) is 16.3. The van der Waals surface area contributed by atoms with E-state index in [0.717, 1.165) is 6.07 Å². The number of aliphatic imine (C=N–C) groups is 1. The maximum atomic E-state index is 11.1. The number of phenolic OH excluding ortho intramolecular Hbond substituents is 1. The number of aromatic hydroxyl groups is 1. The Balaban J connectivity index is 2.48. The molecule has 0 fully saturated rings. The standard InChI is InChI=1S/C14H9BrN2O5/c15-9-5-8(13(18)12(6-9)17(21)22)7-16-11-4-2-1-3-10(11)14(19)20/h1-7,18H,(H,19,20)/b16-7+. The van der Waals surface area contributed by atoms with Gasteiger partial charge < -0.3 is 10.2 Å². The van der Waals surface area contributed by atoms with Crippen LogP contribution in [-0.4, -0.2) is 27.3 Å². The number of rotatable bonds is 4. The van der Waals surface area contributed by atoms with Crippen LogP contribution in [0.1, 0.15) is 15.9 Å². The first-order valence-electron chi connectivity index (χ1n) is 5.93. The van der Waals surface area contributed by atoms with Crippen molar-refractivity contribution in [3.8, 4) is 5.75 Å². The Morgan fingerprint density at radius 2 is 2.00 bits per heavy atom. The topological polar surface area (TPSA) is 113 Å². The summed E-state index contributed by atoms with van der Waals surface area (Å²) in [5.41, 5.74) is -0.205. The van der Waals surface area contributed by atoms with Gasteiger partial charge in [0.25, 0.3) is 0 Å². The van der Waals surface area contributed by atoms with Gasteiger partial charge in [-0.3, -0.25) is 15.1 Å². The second kappa shape index (κ2) is 6.35. The first-order chi connectivity index (χ1) is 10.4. The molecule has 22 heavy (non-hydrogen) atoms. The number of halogens is 1. The molecule has 0 amide bonds. The van der Waals surface area contributed by atoms with E-state index in [4.69, 9.17) is 5.11 Å². The third kappa shape index (κ3) is 3.29. The summed E-state index contributed by atoms with van der Waals surface area (Å²) in [6.07, 6.45) is 1.18. The summed E-state index contributed by atoms with van der Waals surface area (Å²) in [7, 11) is 0. The number of nitrogens with zero attached hydrogens (tertiary/aromatic N) is 2. The molecule has 2 N–H and O–H groups in total. The Bertz CT molecular complexity index is 789. The highest BCUT2D eigenvalue weighted by Gasteiger charge is 2.17. The van der Waals surface area contributed by atoms with Gasteiger partial charge in [0.05, 0.1) is 16.2 Å². The van der Waals surface area contributed by atoms with Gasteiger partial charge in [0.1, 0.15) is 0 Å². The molecule has 7 nitrogen and oxygen atoms in total. The van der Waals surface area contributed by atoms with Crippen LogP contribution in [0.15, 0.2) is 45.9 Å². The molecule has 0 atom stereocenters. The van der Waals surface area contributed by atoms with E-state index in [-0.39, 0.29) is 16.8 Å². The molecular weight excluding hydrogens is 356 g/mol. The predicted octanol–water partition coefficient (Wildman–Crippen LogP) is 3.51. The van der Waals surface area contributed by atoms with E-state index in [9.17, 15) is 20.0 Å². The van der Waals surface area contributed by atoms with Gasteiger partial charge in [-0.25, -0.2) is 4.79 Å². The van der Waals surface area contributed by atoms with Gasteiger partial charge in [0.2, 0.25) is 5.75 Å². The number of carboxylic acid groups (broad SMARTS) is 1. The Labute approximate surface area is 132 Å². The van der Waals surface area contributed by atoms with Crippen LogP contribution < -0.4 is 0 Å². The first-order valence-corrected chi connectivity index (χ1v) is 6.72. The van der Waals surface area contributed by atoms with Crippen molar-refractivity contribution in [1.29, 1.82) is 0 Å². The van der Waals surface area contributed by atoms with Crippen molar-refractivity contribution in [2.24, 2.45) is 4.99 Å². The average Bonchev–Trinajstić information content (AvgIpc) is 2.47. The molecule has 0 aliphatic heterocycles. The van der Waals surface area contributed by atoms with Crippen LogP contribution in [0, 0.1) is 10.1 Å². The van der Waals surface area contributed by atoms with Crippen molar-refractivity contribution in [3.63, 3.8) is 0 Å². The van der Waals surface area contributed by atoms with Gasteiger partial charge in [0.15, 0.2) is 0 Å². The summed E-state index contributed by atoms with van der Waals surface area (Å²) in [5, 5.41) is 29.8. The van der Waals surface area contributed by atoms with Crippen molar-refractivity contribution >= 4 is 39.5 Å². The minimum absolute atomic E-state index is 0.0114. The molecule has 112 valence electrons. The van der Waals surface area contributed by atoms with E-state index < -0.39 is 22.3 Å². The highest BCUT2D eigenvalue weighted by molar-refractivity contribution is 9.10. The third-order valence-corrected chi connectivity index (χ3v) is 3.22. The third-order valence-electron chi connectivity index (χ3n) is 2.76. The Hall–Kier alpha value is -2.74. The molecule has 2 aromatic carbocycles. The summed E-state index contributed by atoms with van der Waals surface area (Å²) in [5.74, 6) is -1.68. The average molecular weight is 365 g/mol. The van der Waals surface area contributed by atoms with Crippen LogP contribution >= 0.6 is 15.9 Å². The van der Waals surface area contributed by atoms with Gasteiger partial charge >= 0.3 is 11.7 Å². The first kappa shape index (κ1) is 15.6. The summed E-state index contributed by atoms with van der Waals surface area (Å²) in [6.45, 7) is 0. The molecular formula is C14H9BrN2O5. The molecule has 0 heterocycles. The lowest BCUT2D eigenvalue weighted by Crippen LogP contribution is -1.96. The van der Waals surface area contributed by atoms with E-state index in [1.165, 1.54) is 24.4 Å². The minimum atomic E-state index is -1.14. The maximum absolute atomic E-state index is 11.1. The van der Waals surface area contributed by atoms with Gasteiger partial charge in [0, 0.05) is 22.3 Å². The fourth-order valence-electron chi connectivity index (χ4n) is 1.75. The molecule has 0 unspecified atom stereocenters. The quantitative estimate of drug-likeness (QED) is 0.489. The van der Waals surface area contributed by atoms with Crippen LogP contribution in [0.5, 0.6) is 5.75 Å². The zero-order valence-corrected chi connectivity index (χ0v) is 12.5. The molecule has 2 rings (SSSR count). The highest BCUT2D eigenvalue weighted by Crippen LogP contribution is 2.32. The number of para-hydroxylation sites is 1. The van der Waals surface area contributed by atoms with Crippen LogP contribution in [-0.2, 0) is 0 Å². The Morgan fingerprint density at radius 3 is 2.64 bits per heavy atom. The fraction of sp³-hybridized carbons (Fsp3) is 0. The number of hydrogen-bond donors (Lipinski definition) is 2. The molecule has 0 radical (unpaired) electrons. The van der Waals surface area contributed by atoms with Gasteiger partial charge in [-0.05, 0) is 18.2 Å². The second-order valence-corrected chi connectivity index (χ2v) is 5.12. The van der Waals surface area contributed by atoms with Crippen molar-refractivity contribution in [2.45, 2.75) is 0 Å². The second-order valence-electron chi connectivity index (χ2n) is 4.20. The summed E-state index contributed by atoms with van der Waals surface area (Å²) < 4.78 is 0.393. The summed E-state index contributed by atoms with van der Waals surface area (Å²) in [6, 6.07) is 8.65. The Morgan fingerprint density at radius 1 is 1.32 bits per heavy atom. The summed E-state index contributed by atoms with van der Waals surface area (Å²) in [4.78, 5) is 25.2. The van der Waals surface area contributed by atoms with Gasteiger partial charge in [-0.1, -0.05) is 28.1 Å². The van der Waals surface area contributed by atoms with Crippen molar-refractivity contribution in [2.75, 3.05) is 0 Å². The monoisotopic (exact) mass is 364 g/mol. The normalized spacial score (nSPS) is 10.8. The predicted molar refractivity (Wildman–Crippen MR) is 83.1 cm³/mol. The molecule has 0 bridgehead atoms. The SMILES string of the molecule is O=C(O)c1ccccc1/N=C/c1cc(Br)cc([N+](=O)[O-])c1O. The highest BCUT2D eigenvalue weighted by atomic mass is 79.9. The van der Waals surface area contributed by atoms with E-state index in [1.807, 2.05) is 0 Å². The molecule has 8 heteroatoms. The number of nitro benzene ring substituents is 1. The molecule has 0 saturated carbocycles. The number of hydrogen-bond acceptors (Lipinski definition) is 5. The van der Waals surface area contributed by atoms with Crippen LogP contribution in [0.25, 0.3) is 0 Å². The Kier molecular flexibility index (Phi) is 4.52. The van der Waals surface area contributed by atoms with Crippen molar-refractivity contribution < 1.29 is 19.9 Å². The van der Waals surface area contributed by atoms with E-state index in [2.05, 4.69) is 20.9 Å². The lowest BCUT2D eigenvalue weighted by atomic mass is 10.1. The van der Waals surface area contributed by atoms with Crippen molar-refractivity contribution in [3.05, 3.63) is 62.1 Å². The number of carbonyl (C=O) groups is 1. The molecule has 0 aliphatic rings. The molecule has 0 saturated heterocycles. The molecule has 0 aromatic heterocycles. The number of aromatic carboxylic acids is 1. The van der Waals surface area contributed by atoms with Crippen LogP contribution in [0.2, 0.25) is 0 Å². The fourth-order valence-corrected chi connectivity index (χ4v) is 2.21. The summed E-state index contributed by atoms with van der Waals surface area (Å²) >= 11 is 3.11. The van der Waals surface area contributed by atoms with Crippen LogP contribution in [0.4, 0.5) is 11.4 Å². The van der Waals surface area contributed by atoms with Gasteiger partial charge in [-0.2, -0.15) is 0 Å². The minimum Gasteiger partial charge on any atom is -0.502 e. The number of benzene rings is 2. The number of carboxylic acids is 1. The van der Waals surface area contributed by atoms with Crippen molar-refractivity contribution in [1.82, 2.24) is 0 Å². The lowest BCUT2D eigenvalue weighted by Gasteiger charge is -2.03. The molecule has 0 spiro atoms. The van der Waals surface area contributed by atoms with E-state index in [1.54, 1.807) is 12.1 Å². The van der Waals surface area contributed by atoms with Gasteiger partial charge in [-0.15, -0.1) is 0 Å². The van der Waals surface area contributed by atoms with Crippen LogP contribution in [0.3, 0.4) is 0 Å². The smallest absolute Gasteiger partial charge is 0.337 e. The molecule has 2 aromatic rings. The largest absolute Gasteiger partial charge is 0.502 e. The zero-order valence-electron chi connectivity index (χ0n) is 10.9. The van der Waals surface area contributed by atoms with E-state index in [0.29, 0.717) is 4.47 Å². The number of phenols is 1. The maximum Gasteiger partial charge on any atom is 0.337 e. The van der Waals surface area contributed by atoms with E-state index >= 15 is 0 Å².